The molecule has 0 spiro atoms. The molecule has 162 valence electrons. The maximum Gasteiger partial charge on any atom is 0.234 e. The Kier molecular flexibility index (Phi) is 8.14. The maximum atomic E-state index is 12.5. The molecule has 1 unspecified atom stereocenters. The van der Waals surface area contributed by atoms with Crippen LogP contribution in [0.15, 0.2) is 66.3 Å². The van der Waals surface area contributed by atoms with Crippen LogP contribution in [0.25, 0.3) is 0 Å². The summed E-state index contributed by atoms with van der Waals surface area (Å²) in [5.74, 6) is 1.33. The number of hydrogen-bond acceptors (Lipinski definition) is 5. The van der Waals surface area contributed by atoms with Crippen molar-refractivity contribution in [3.05, 3.63) is 77.6 Å². The maximum absolute atomic E-state index is 12.5. The van der Waals surface area contributed by atoms with Crippen LogP contribution in [0.2, 0.25) is 5.02 Å². The molecule has 0 aliphatic carbocycles. The Hall–Kier alpha value is -2.77. The number of hydrogen-bond donors (Lipinski definition) is 1. The smallest absolute Gasteiger partial charge is 0.234 e. The van der Waals surface area contributed by atoms with Crippen LogP contribution in [0.4, 0.5) is 5.69 Å². The minimum atomic E-state index is -0.382. The van der Waals surface area contributed by atoms with Gasteiger partial charge >= 0.3 is 0 Å². The fraction of sp³-hybridized carbons (Fsp3) is 0.261. The molecule has 1 N–H and O–H groups in total. The van der Waals surface area contributed by atoms with Crippen molar-refractivity contribution in [2.24, 2.45) is 0 Å². The minimum absolute atomic E-state index is 0.0963. The molecule has 0 fully saturated rings. The van der Waals surface area contributed by atoms with Gasteiger partial charge in [0.15, 0.2) is 17.1 Å². The van der Waals surface area contributed by atoms with Gasteiger partial charge in [0.05, 0.1) is 10.8 Å². The second kappa shape index (κ2) is 11.0. The third-order valence-corrected chi connectivity index (χ3v) is 5.84. The lowest BCUT2D eigenvalue weighted by atomic mass is 10.1. The Bertz CT molecular complexity index is 1050. The molecule has 0 saturated carbocycles. The number of anilines is 1. The van der Waals surface area contributed by atoms with Crippen molar-refractivity contribution in [3.63, 3.8) is 0 Å². The summed E-state index contributed by atoms with van der Waals surface area (Å²) in [6, 6.07) is 15.1. The number of aromatic nitrogens is 3. The fourth-order valence-corrected chi connectivity index (χ4v) is 3.99. The van der Waals surface area contributed by atoms with Crippen molar-refractivity contribution >= 4 is 35.0 Å². The van der Waals surface area contributed by atoms with E-state index in [1.807, 2.05) is 47.9 Å². The first-order valence-corrected chi connectivity index (χ1v) is 11.4. The molecule has 2 aromatic carbocycles. The van der Waals surface area contributed by atoms with E-state index in [2.05, 4.69) is 29.0 Å². The summed E-state index contributed by atoms with van der Waals surface area (Å²) in [6.45, 7) is 8.26. The number of amides is 1. The zero-order valence-electron chi connectivity index (χ0n) is 17.5. The monoisotopic (exact) mass is 456 g/mol. The van der Waals surface area contributed by atoms with Gasteiger partial charge in [-0.3, -0.25) is 9.36 Å². The number of halogens is 1. The number of allylic oxidation sites excluding steroid dienone is 1. The highest BCUT2D eigenvalue weighted by molar-refractivity contribution is 7.99. The predicted molar refractivity (Wildman–Crippen MR) is 126 cm³/mol. The fourth-order valence-electron chi connectivity index (χ4n) is 3.06. The van der Waals surface area contributed by atoms with E-state index < -0.39 is 0 Å². The highest BCUT2D eigenvalue weighted by Crippen LogP contribution is 2.29. The summed E-state index contributed by atoms with van der Waals surface area (Å²) >= 11 is 7.53. The zero-order chi connectivity index (χ0) is 22.2. The van der Waals surface area contributed by atoms with Gasteiger partial charge in [-0.2, -0.15) is 0 Å². The molecular weight excluding hydrogens is 432 g/mol. The van der Waals surface area contributed by atoms with Gasteiger partial charge in [-0.1, -0.05) is 66.7 Å². The van der Waals surface area contributed by atoms with Gasteiger partial charge in [0.2, 0.25) is 5.91 Å². The third-order valence-electron chi connectivity index (χ3n) is 4.57. The Morgan fingerprint density at radius 2 is 2.00 bits per heavy atom. The molecule has 8 heteroatoms. The number of rotatable bonds is 10. The lowest BCUT2D eigenvalue weighted by molar-refractivity contribution is -0.113. The molecule has 1 heterocycles. The number of nitrogens with zero attached hydrogens (tertiary/aromatic N) is 3. The first kappa shape index (κ1) is 22.9. The average Bonchev–Trinajstić information content (AvgIpc) is 3.17. The molecule has 0 aliphatic rings. The minimum Gasteiger partial charge on any atom is -0.481 e. The van der Waals surface area contributed by atoms with Crippen LogP contribution in [0.3, 0.4) is 0 Å². The lowest BCUT2D eigenvalue weighted by Crippen LogP contribution is -2.16. The van der Waals surface area contributed by atoms with Crippen molar-refractivity contribution in [3.8, 4) is 5.75 Å². The van der Waals surface area contributed by atoms with Gasteiger partial charge in [0, 0.05) is 12.2 Å². The summed E-state index contributed by atoms with van der Waals surface area (Å²) in [6.07, 6.45) is 2.23. The van der Waals surface area contributed by atoms with E-state index >= 15 is 0 Å². The van der Waals surface area contributed by atoms with Crippen LogP contribution in [0.1, 0.15) is 31.3 Å². The van der Waals surface area contributed by atoms with Gasteiger partial charge in [-0.25, -0.2) is 0 Å². The molecular formula is C23H25ClN4O2S. The van der Waals surface area contributed by atoms with Gasteiger partial charge in [-0.15, -0.1) is 16.8 Å². The SMILES string of the molecule is C=CCn1c(SCC(=O)Nc2ccccc2CC)nnc1C(C)Oc1ccccc1Cl. The van der Waals surface area contributed by atoms with Crippen molar-refractivity contribution in [2.45, 2.75) is 38.1 Å². The molecule has 0 aliphatic heterocycles. The molecule has 1 amide bonds. The number of thioether (sulfide) groups is 1. The summed E-state index contributed by atoms with van der Waals surface area (Å²) in [4.78, 5) is 12.5. The van der Waals surface area contributed by atoms with Gasteiger partial charge in [-0.05, 0) is 37.1 Å². The lowest BCUT2D eigenvalue weighted by Gasteiger charge is -2.16. The third kappa shape index (κ3) is 5.89. The van der Waals surface area contributed by atoms with Crippen molar-refractivity contribution in [1.82, 2.24) is 14.8 Å². The molecule has 6 nitrogen and oxygen atoms in total. The first-order chi connectivity index (χ1) is 15.0. The van der Waals surface area contributed by atoms with Crippen molar-refractivity contribution < 1.29 is 9.53 Å². The predicted octanol–water partition coefficient (Wildman–Crippen LogP) is 5.55. The Labute approximate surface area is 191 Å². The van der Waals surface area contributed by atoms with Gasteiger partial charge < -0.3 is 10.1 Å². The normalized spacial score (nSPS) is 11.7. The summed E-state index contributed by atoms with van der Waals surface area (Å²) in [5.41, 5.74) is 1.94. The van der Waals surface area contributed by atoms with Crippen molar-refractivity contribution in [1.29, 1.82) is 0 Å². The Balaban J connectivity index is 1.69. The first-order valence-electron chi connectivity index (χ1n) is 9.99. The molecule has 0 radical (unpaired) electrons. The average molecular weight is 457 g/mol. The number of nitrogens with one attached hydrogen (secondary N) is 1. The second-order valence-electron chi connectivity index (χ2n) is 6.78. The molecule has 3 rings (SSSR count). The number of aryl methyl sites for hydroxylation is 1. The number of para-hydroxylation sites is 2. The molecule has 0 bridgehead atoms. The van der Waals surface area contributed by atoms with Crippen LogP contribution in [-0.4, -0.2) is 26.4 Å². The van der Waals surface area contributed by atoms with Crippen molar-refractivity contribution in [2.75, 3.05) is 11.1 Å². The topological polar surface area (TPSA) is 69.0 Å². The Morgan fingerprint density at radius 3 is 2.74 bits per heavy atom. The molecule has 31 heavy (non-hydrogen) atoms. The summed E-state index contributed by atoms with van der Waals surface area (Å²) < 4.78 is 7.88. The molecule has 1 aromatic heterocycles. The summed E-state index contributed by atoms with van der Waals surface area (Å²) in [7, 11) is 0. The highest BCUT2D eigenvalue weighted by atomic mass is 35.5. The van der Waals surface area contributed by atoms with E-state index in [1.165, 1.54) is 11.8 Å². The number of benzene rings is 2. The second-order valence-corrected chi connectivity index (χ2v) is 8.13. The standard InChI is InChI=1S/C23H25ClN4O2S/c1-4-14-28-22(16(3)30-20-13-9-7-11-18(20)24)26-27-23(28)31-15-21(29)25-19-12-8-6-10-17(19)5-2/h4,6-13,16H,1,5,14-15H2,2-3H3,(H,25,29). The molecule has 0 saturated heterocycles. The van der Waals surface area contributed by atoms with Crippen LogP contribution < -0.4 is 10.1 Å². The molecule has 3 aromatic rings. The van der Waals surface area contributed by atoms with E-state index in [1.54, 1.807) is 18.2 Å². The number of carbonyl (C=O) groups excluding carboxylic acids is 1. The van der Waals surface area contributed by atoms with E-state index in [9.17, 15) is 4.79 Å². The quantitative estimate of drug-likeness (QED) is 0.320. The number of carbonyl (C=O) groups is 1. The number of ether oxygens (including phenoxy) is 1. The zero-order valence-corrected chi connectivity index (χ0v) is 19.1. The summed E-state index contributed by atoms with van der Waals surface area (Å²) in [5, 5.41) is 12.7. The van der Waals surface area contributed by atoms with E-state index in [0.29, 0.717) is 28.3 Å². The van der Waals surface area contributed by atoms with Crippen LogP contribution in [0.5, 0.6) is 5.75 Å². The van der Waals surface area contributed by atoms with Crippen LogP contribution in [-0.2, 0) is 17.8 Å². The van der Waals surface area contributed by atoms with E-state index in [0.717, 1.165) is 17.7 Å². The van der Waals surface area contributed by atoms with Crippen LogP contribution in [0, 0.1) is 0 Å². The van der Waals surface area contributed by atoms with Crippen LogP contribution >= 0.6 is 23.4 Å². The van der Waals surface area contributed by atoms with E-state index in [4.69, 9.17) is 16.3 Å². The van der Waals surface area contributed by atoms with Gasteiger partial charge in [0.25, 0.3) is 0 Å². The Morgan fingerprint density at radius 1 is 1.26 bits per heavy atom. The van der Waals surface area contributed by atoms with Gasteiger partial charge in [0.1, 0.15) is 5.75 Å². The largest absolute Gasteiger partial charge is 0.481 e. The molecule has 1 atom stereocenters. The highest BCUT2D eigenvalue weighted by Gasteiger charge is 2.20. The van der Waals surface area contributed by atoms with E-state index in [-0.39, 0.29) is 17.8 Å².